The number of nitrogens with one attached hydrogen (secondary N) is 2. The highest BCUT2D eigenvalue weighted by molar-refractivity contribution is 7.15. The summed E-state index contributed by atoms with van der Waals surface area (Å²) in [5.41, 5.74) is 1.78. The number of rotatable bonds is 7. The lowest BCUT2D eigenvalue weighted by Crippen LogP contribution is -2.43. The Bertz CT molecular complexity index is 1080. The predicted octanol–water partition coefficient (Wildman–Crippen LogP) is 5.21. The Hall–Kier alpha value is -2.72. The first kappa shape index (κ1) is 27.9. The van der Waals surface area contributed by atoms with Crippen molar-refractivity contribution in [1.82, 2.24) is 10.2 Å². The number of amides is 2. The first-order valence-corrected chi connectivity index (χ1v) is 12.9. The normalized spacial score (nSPS) is 15.7. The molecule has 36 heavy (non-hydrogen) atoms. The zero-order chi connectivity index (χ0) is 26.5. The second kappa shape index (κ2) is 11.6. The molecule has 0 bridgehead atoms. The Kier molecular flexibility index (Phi) is 8.94. The van der Waals surface area contributed by atoms with Gasteiger partial charge in [0.1, 0.15) is 5.60 Å². The summed E-state index contributed by atoms with van der Waals surface area (Å²) < 4.78 is 10.9. The molecule has 1 unspecified atom stereocenters. The largest absolute Gasteiger partial charge is 0.444 e. The fourth-order valence-electron chi connectivity index (χ4n) is 3.52. The summed E-state index contributed by atoms with van der Waals surface area (Å²) in [4.78, 5) is 28.1. The van der Waals surface area contributed by atoms with E-state index in [2.05, 4.69) is 16.7 Å². The topological polar surface area (TPSA) is 100 Å². The minimum atomic E-state index is -0.938. The monoisotopic (exact) mass is 515 g/mol. The van der Waals surface area contributed by atoms with Gasteiger partial charge in [0.15, 0.2) is 0 Å². The van der Waals surface area contributed by atoms with E-state index in [1.807, 2.05) is 82.8 Å². The first-order valence-electron chi connectivity index (χ1n) is 12.1. The van der Waals surface area contributed by atoms with E-state index in [0.717, 1.165) is 16.9 Å². The van der Waals surface area contributed by atoms with Crippen LogP contribution in [0.3, 0.4) is 0 Å². The van der Waals surface area contributed by atoms with Gasteiger partial charge in [-0.3, -0.25) is 9.69 Å². The van der Waals surface area contributed by atoms with E-state index in [1.54, 1.807) is 0 Å². The highest BCUT2D eigenvalue weighted by Crippen LogP contribution is 2.30. The molecular weight excluding hydrogens is 478 g/mol. The van der Waals surface area contributed by atoms with Crippen LogP contribution in [0.25, 0.3) is 5.57 Å². The third kappa shape index (κ3) is 8.74. The maximum absolute atomic E-state index is 12.8. The number of carbonyl (C=O) groups is 2. The number of aliphatic hydroxyl groups excluding tert-OH is 1. The molecule has 2 aromatic rings. The van der Waals surface area contributed by atoms with Gasteiger partial charge in [-0.05, 0) is 83.4 Å². The molecule has 0 spiro atoms. The summed E-state index contributed by atoms with van der Waals surface area (Å²) in [5.74, 6) is -0.169. The van der Waals surface area contributed by atoms with Crippen molar-refractivity contribution in [1.29, 1.82) is 0 Å². The molecular formula is C27H37N3O5S. The molecule has 1 aromatic heterocycles. The highest BCUT2D eigenvalue weighted by Gasteiger charge is 2.25. The highest BCUT2D eigenvalue weighted by atomic mass is 32.1. The van der Waals surface area contributed by atoms with Gasteiger partial charge in [0, 0.05) is 30.2 Å². The van der Waals surface area contributed by atoms with Gasteiger partial charge in [0.2, 0.25) is 6.41 Å². The van der Waals surface area contributed by atoms with Crippen LogP contribution in [0.5, 0.6) is 0 Å². The van der Waals surface area contributed by atoms with Gasteiger partial charge in [-0.2, -0.15) is 0 Å². The van der Waals surface area contributed by atoms with Gasteiger partial charge in [-0.25, -0.2) is 4.79 Å². The van der Waals surface area contributed by atoms with Crippen LogP contribution in [0, 0.1) is 0 Å². The minimum absolute atomic E-state index is 0.169. The number of nitrogens with zero attached hydrogens (tertiary/aromatic N) is 1. The van der Waals surface area contributed by atoms with Crippen molar-refractivity contribution in [2.24, 2.45) is 0 Å². The van der Waals surface area contributed by atoms with Crippen LogP contribution in [-0.4, -0.2) is 52.7 Å². The van der Waals surface area contributed by atoms with Crippen molar-refractivity contribution in [3.8, 4) is 0 Å². The Morgan fingerprint density at radius 2 is 1.75 bits per heavy atom. The van der Waals surface area contributed by atoms with E-state index in [1.165, 1.54) is 16.9 Å². The lowest BCUT2D eigenvalue weighted by Gasteiger charge is -2.34. The van der Waals surface area contributed by atoms with Crippen LogP contribution < -0.4 is 10.6 Å². The molecule has 0 radical (unpaired) electrons. The molecule has 3 N–H and O–H groups in total. The van der Waals surface area contributed by atoms with Gasteiger partial charge < -0.3 is 25.2 Å². The number of aliphatic hydroxyl groups is 1. The van der Waals surface area contributed by atoms with Gasteiger partial charge >= 0.3 is 6.09 Å². The third-order valence-corrected chi connectivity index (χ3v) is 6.37. The van der Waals surface area contributed by atoms with E-state index >= 15 is 0 Å². The number of benzene rings is 1. The van der Waals surface area contributed by atoms with Crippen LogP contribution >= 0.6 is 11.3 Å². The van der Waals surface area contributed by atoms with Crippen molar-refractivity contribution in [2.75, 3.05) is 18.4 Å². The van der Waals surface area contributed by atoms with Crippen molar-refractivity contribution in [3.63, 3.8) is 0 Å². The quantitative estimate of drug-likeness (QED) is 0.438. The smallest absolute Gasteiger partial charge is 0.407 e. The number of hydrogen-bond donors (Lipinski definition) is 3. The SMILES string of the molecule is CC(C)(C)OC(=O)NCc1ccc(NC(=O)c2ccc(C3=CCN(C(O)OC(C)(C)C)CC3)s2)cc1. The minimum Gasteiger partial charge on any atom is -0.444 e. The number of ether oxygens (including phenoxy) is 2. The lowest BCUT2D eigenvalue weighted by atomic mass is 10.1. The van der Waals surface area contributed by atoms with Gasteiger partial charge in [-0.1, -0.05) is 18.2 Å². The van der Waals surface area contributed by atoms with E-state index < -0.39 is 23.7 Å². The van der Waals surface area contributed by atoms with Crippen LogP contribution in [0.15, 0.2) is 42.5 Å². The summed E-state index contributed by atoms with van der Waals surface area (Å²) in [6, 6.07) is 11.1. The second-order valence-corrected chi connectivity index (χ2v) is 11.8. The number of thiophene rings is 1. The van der Waals surface area contributed by atoms with E-state index in [-0.39, 0.29) is 5.91 Å². The molecule has 2 heterocycles. The van der Waals surface area contributed by atoms with Crippen LogP contribution in [0.2, 0.25) is 0 Å². The van der Waals surface area contributed by atoms with E-state index in [4.69, 9.17) is 9.47 Å². The van der Waals surface area contributed by atoms with E-state index in [0.29, 0.717) is 30.2 Å². The summed E-state index contributed by atoms with van der Waals surface area (Å²) >= 11 is 1.45. The van der Waals surface area contributed by atoms with E-state index in [9.17, 15) is 14.7 Å². The van der Waals surface area contributed by atoms with Crippen LogP contribution in [0.4, 0.5) is 10.5 Å². The van der Waals surface area contributed by atoms with Gasteiger partial charge in [0.25, 0.3) is 5.91 Å². The fraction of sp³-hybridized carbons (Fsp3) is 0.481. The van der Waals surface area contributed by atoms with Crippen molar-refractivity contribution in [2.45, 2.75) is 72.1 Å². The van der Waals surface area contributed by atoms with Crippen LogP contribution in [0.1, 0.15) is 68.1 Å². The first-order chi connectivity index (χ1) is 16.8. The zero-order valence-electron chi connectivity index (χ0n) is 21.9. The molecule has 9 heteroatoms. The van der Waals surface area contributed by atoms with Crippen LogP contribution in [-0.2, 0) is 16.0 Å². The molecule has 0 fully saturated rings. The van der Waals surface area contributed by atoms with Gasteiger partial charge in [0.05, 0.1) is 10.5 Å². The van der Waals surface area contributed by atoms with Crippen molar-refractivity contribution >= 4 is 34.6 Å². The average Bonchev–Trinajstić information content (AvgIpc) is 3.27. The zero-order valence-corrected chi connectivity index (χ0v) is 22.7. The lowest BCUT2D eigenvalue weighted by molar-refractivity contribution is -0.236. The summed E-state index contributed by atoms with van der Waals surface area (Å²) in [6.45, 7) is 12.8. The van der Waals surface area contributed by atoms with Gasteiger partial charge in [-0.15, -0.1) is 11.3 Å². The Morgan fingerprint density at radius 3 is 2.33 bits per heavy atom. The molecule has 3 rings (SSSR count). The second-order valence-electron chi connectivity index (χ2n) is 10.7. The summed E-state index contributed by atoms with van der Waals surface area (Å²) in [5, 5.41) is 15.9. The summed E-state index contributed by atoms with van der Waals surface area (Å²) in [7, 11) is 0. The van der Waals surface area contributed by atoms with Crippen molar-refractivity contribution in [3.05, 3.63) is 57.8 Å². The predicted molar refractivity (Wildman–Crippen MR) is 143 cm³/mol. The molecule has 0 aliphatic carbocycles. The number of anilines is 1. The molecule has 0 saturated carbocycles. The number of hydrogen-bond acceptors (Lipinski definition) is 7. The molecule has 1 aromatic carbocycles. The number of carbonyl (C=O) groups excluding carboxylic acids is 2. The molecule has 1 atom stereocenters. The Balaban J connectivity index is 1.51. The van der Waals surface area contributed by atoms with Crippen molar-refractivity contribution < 1.29 is 24.2 Å². The molecule has 0 saturated heterocycles. The molecule has 1 aliphatic heterocycles. The fourth-order valence-corrected chi connectivity index (χ4v) is 4.49. The molecule has 196 valence electrons. The maximum Gasteiger partial charge on any atom is 0.407 e. The standard InChI is InChI=1S/C27H37N3O5S/c1-26(2,3)34-24(32)28-17-18-7-9-20(10-8-18)29-23(31)22-12-11-21(36-22)19-13-15-30(16-14-19)25(33)35-27(4,5)6/h7-13,25,33H,14-17H2,1-6H3,(H,28,32)(H,29,31). The Labute approximate surface area is 217 Å². The molecule has 8 nitrogen and oxygen atoms in total. The maximum atomic E-state index is 12.8. The average molecular weight is 516 g/mol. The molecule has 2 amide bonds. The third-order valence-electron chi connectivity index (χ3n) is 5.21. The number of alkyl carbamates (subject to hydrolysis) is 1. The molecule has 1 aliphatic rings. The summed E-state index contributed by atoms with van der Waals surface area (Å²) in [6.07, 6.45) is 1.44. The Morgan fingerprint density at radius 1 is 1.06 bits per heavy atom.